The third-order valence-corrected chi connectivity index (χ3v) is 1.66. The number of amides is 1. The number of nitrogens with one attached hydrogen (secondary N) is 1. The second kappa shape index (κ2) is 4.54. The molecule has 1 aromatic rings. The lowest BCUT2D eigenvalue weighted by Gasteiger charge is -2.03. The van der Waals surface area contributed by atoms with Crippen LogP contribution in [0.4, 0.5) is 8.78 Å². The summed E-state index contributed by atoms with van der Waals surface area (Å²) in [5.74, 6) is -1.15. The summed E-state index contributed by atoms with van der Waals surface area (Å²) in [4.78, 5) is 9.87. The van der Waals surface area contributed by atoms with E-state index >= 15 is 0 Å². The van der Waals surface area contributed by atoms with E-state index in [1.54, 1.807) is 0 Å². The molecule has 70 valence electrons. The number of carbonyl (C=O) groups is 1. The molecule has 0 heterocycles. The fourth-order valence-corrected chi connectivity index (χ4v) is 1.03. The minimum absolute atomic E-state index is 0.0110. The van der Waals surface area contributed by atoms with E-state index in [0.29, 0.717) is 6.41 Å². The summed E-state index contributed by atoms with van der Waals surface area (Å²) in [7, 11) is 0. The third-order valence-electron chi connectivity index (χ3n) is 1.66. The molecule has 1 N–H and O–H groups in total. The van der Waals surface area contributed by atoms with Crippen LogP contribution >= 0.6 is 0 Å². The summed E-state index contributed by atoms with van der Waals surface area (Å²) in [5.41, 5.74) is 0.0110. The van der Waals surface area contributed by atoms with Gasteiger partial charge in [0.1, 0.15) is 11.6 Å². The molecule has 0 aliphatic rings. The number of carbonyl (C=O) groups excluding carboxylic acids is 1. The predicted molar refractivity (Wildman–Crippen MR) is 44.1 cm³/mol. The monoisotopic (exact) mass is 185 g/mol. The van der Waals surface area contributed by atoms with Gasteiger partial charge < -0.3 is 5.32 Å². The Morgan fingerprint density at radius 3 is 2.46 bits per heavy atom. The van der Waals surface area contributed by atoms with Crippen molar-refractivity contribution in [2.75, 3.05) is 6.54 Å². The molecule has 1 aromatic carbocycles. The van der Waals surface area contributed by atoms with Crippen LogP contribution in [0.15, 0.2) is 18.2 Å². The van der Waals surface area contributed by atoms with E-state index in [4.69, 9.17) is 0 Å². The maximum atomic E-state index is 12.9. The van der Waals surface area contributed by atoms with E-state index in [1.165, 1.54) is 18.2 Å². The highest BCUT2D eigenvalue weighted by molar-refractivity contribution is 5.45. The normalized spacial score (nSPS) is 9.69. The van der Waals surface area contributed by atoms with Crippen molar-refractivity contribution in [3.63, 3.8) is 0 Å². The Bertz CT molecular complexity index is 281. The molecule has 0 saturated heterocycles. The van der Waals surface area contributed by atoms with Crippen LogP contribution in [0.2, 0.25) is 0 Å². The second-order valence-electron chi connectivity index (χ2n) is 2.52. The minimum Gasteiger partial charge on any atom is -0.358 e. The third kappa shape index (κ3) is 2.50. The van der Waals surface area contributed by atoms with Gasteiger partial charge in [-0.25, -0.2) is 8.78 Å². The van der Waals surface area contributed by atoms with E-state index in [-0.39, 0.29) is 18.5 Å². The number of rotatable bonds is 4. The van der Waals surface area contributed by atoms with E-state index in [2.05, 4.69) is 5.32 Å². The highest BCUT2D eigenvalue weighted by Gasteiger charge is 2.06. The van der Waals surface area contributed by atoms with E-state index in [9.17, 15) is 13.6 Å². The molecule has 1 amide bonds. The van der Waals surface area contributed by atoms with Gasteiger partial charge in [-0.05, 0) is 18.6 Å². The molecule has 13 heavy (non-hydrogen) atoms. The van der Waals surface area contributed by atoms with Crippen molar-refractivity contribution >= 4 is 6.41 Å². The standard InChI is InChI=1S/C9H9F2NO/c10-8-2-1-3-9(11)7(8)4-5-12-6-13/h1-3,6H,4-5H2,(H,12,13). The molecule has 0 aliphatic heterocycles. The Kier molecular flexibility index (Phi) is 3.37. The molecule has 4 heteroatoms. The van der Waals surface area contributed by atoms with E-state index < -0.39 is 11.6 Å². The first-order valence-electron chi connectivity index (χ1n) is 3.85. The number of halogens is 2. The van der Waals surface area contributed by atoms with Crippen LogP contribution in [0.1, 0.15) is 5.56 Å². The highest BCUT2D eigenvalue weighted by atomic mass is 19.1. The van der Waals surface area contributed by atoms with Crippen molar-refractivity contribution in [1.29, 1.82) is 0 Å². The van der Waals surface area contributed by atoms with Crippen molar-refractivity contribution in [3.8, 4) is 0 Å². The number of benzene rings is 1. The lowest BCUT2D eigenvalue weighted by molar-refractivity contribution is -0.109. The molecule has 0 radical (unpaired) electrons. The van der Waals surface area contributed by atoms with Crippen LogP contribution in [-0.4, -0.2) is 13.0 Å². The van der Waals surface area contributed by atoms with Crippen molar-refractivity contribution in [1.82, 2.24) is 5.32 Å². The molecule has 0 fully saturated rings. The van der Waals surface area contributed by atoms with E-state index in [1.807, 2.05) is 0 Å². The van der Waals surface area contributed by atoms with Crippen LogP contribution in [0.25, 0.3) is 0 Å². The van der Waals surface area contributed by atoms with Crippen molar-refractivity contribution < 1.29 is 13.6 Å². The van der Waals surface area contributed by atoms with Gasteiger partial charge in [0.05, 0.1) is 0 Å². The molecule has 0 bridgehead atoms. The fourth-order valence-electron chi connectivity index (χ4n) is 1.03. The Labute approximate surface area is 74.6 Å². The molecular weight excluding hydrogens is 176 g/mol. The first kappa shape index (κ1) is 9.64. The van der Waals surface area contributed by atoms with Crippen molar-refractivity contribution in [3.05, 3.63) is 35.4 Å². The Hall–Kier alpha value is -1.45. The lowest BCUT2D eigenvalue weighted by atomic mass is 10.1. The highest BCUT2D eigenvalue weighted by Crippen LogP contribution is 2.11. The summed E-state index contributed by atoms with van der Waals surface area (Å²) in [6, 6.07) is 3.69. The van der Waals surface area contributed by atoms with Gasteiger partial charge in [-0.3, -0.25) is 4.79 Å². The fraction of sp³-hybridized carbons (Fsp3) is 0.222. The van der Waals surface area contributed by atoms with Gasteiger partial charge in [0.25, 0.3) is 0 Å². The van der Waals surface area contributed by atoms with Gasteiger partial charge in [-0.2, -0.15) is 0 Å². The zero-order valence-corrected chi connectivity index (χ0v) is 6.89. The van der Waals surface area contributed by atoms with Gasteiger partial charge >= 0.3 is 0 Å². The molecule has 0 aliphatic carbocycles. The van der Waals surface area contributed by atoms with Gasteiger partial charge in [0.15, 0.2) is 0 Å². The first-order chi connectivity index (χ1) is 6.25. The lowest BCUT2D eigenvalue weighted by Crippen LogP contribution is -2.15. The summed E-state index contributed by atoms with van der Waals surface area (Å²) < 4.78 is 25.8. The summed E-state index contributed by atoms with van der Waals surface area (Å²) in [6.07, 6.45) is 0.663. The topological polar surface area (TPSA) is 29.1 Å². The maximum Gasteiger partial charge on any atom is 0.207 e. The zero-order valence-electron chi connectivity index (χ0n) is 6.89. The minimum atomic E-state index is -0.576. The number of hydrogen-bond donors (Lipinski definition) is 1. The van der Waals surface area contributed by atoms with Crippen LogP contribution in [-0.2, 0) is 11.2 Å². The molecule has 0 atom stereocenters. The molecule has 2 nitrogen and oxygen atoms in total. The predicted octanol–water partition coefficient (Wildman–Crippen LogP) is 1.25. The SMILES string of the molecule is O=CNCCc1c(F)cccc1F. The molecular formula is C9H9F2NO. The molecule has 0 aromatic heterocycles. The van der Waals surface area contributed by atoms with Gasteiger partial charge in [0, 0.05) is 12.1 Å². The zero-order chi connectivity index (χ0) is 9.68. The van der Waals surface area contributed by atoms with Crippen LogP contribution in [0.5, 0.6) is 0 Å². The Balaban J connectivity index is 2.69. The van der Waals surface area contributed by atoms with Gasteiger partial charge in [-0.1, -0.05) is 6.07 Å². The molecule has 0 spiro atoms. The van der Waals surface area contributed by atoms with Crippen molar-refractivity contribution in [2.24, 2.45) is 0 Å². The Morgan fingerprint density at radius 1 is 1.31 bits per heavy atom. The van der Waals surface area contributed by atoms with Crippen LogP contribution < -0.4 is 5.32 Å². The first-order valence-corrected chi connectivity index (χ1v) is 3.85. The number of hydrogen-bond acceptors (Lipinski definition) is 1. The molecule has 0 saturated carbocycles. The largest absolute Gasteiger partial charge is 0.358 e. The van der Waals surface area contributed by atoms with E-state index in [0.717, 1.165) is 0 Å². The van der Waals surface area contributed by atoms with Crippen LogP contribution in [0.3, 0.4) is 0 Å². The molecule has 1 rings (SSSR count). The quantitative estimate of drug-likeness (QED) is 0.555. The Morgan fingerprint density at radius 2 is 1.92 bits per heavy atom. The smallest absolute Gasteiger partial charge is 0.207 e. The average Bonchev–Trinajstić information content (AvgIpc) is 2.10. The maximum absolute atomic E-state index is 12.9. The molecule has 0 unspecified atom stereocenters. The summed E-state index contributed by atoms with van der Waals surface area (Å²) >= 11 is 0. The van der Waals surface area contributed by atoms with Gasteiger partial charge in [-0.15, -0.1) is 0 Å². The van der Waals surface area contributed by atoms with Gasteiger partial charge in [0.2, 0.25) is 6.41 Å². The summed E-state index contributed by atoms with van der Waals surface area (Å²) in [6.45, 7) is 0.237. The second-order valence-corrected chi connectivity index (χ2v) is 2.52. The summed E-state index contributed by atoms with van der Waals surface area (Å²) in [5, 5.41) is 2.34. The van der Waals surface area contributed by atoms with Crippen molar-refractivity contribution in [2.45, 2.75) is 6.42 Å². The average molecular weight is 185 g/mol. The van der Waals surface area contributed by atoms with Crippen LogP contribution in [0, 0.1) is 11.6 Å².